The minimum Gasteiger partial charge on any atom is -0.242 e. The highest BCUT2D eigenvalue weighted by atomic mass is 35.5. The van der Waals surface area contributed by atoms with Crippen LogP contribution < -0.4 is 9.86 Å². The summed E-state index contributed by atoms with van der Waals surface area (Å²) < 4.78 is 46.7. The molecule has 0 radical (unpaired) electrons. The summed E-state index contributed by atoms with van der Waals surface area (Å²) in [7, 11) is -7.63. The summed E-state index contributed by atoms with van der Waals surface area (Å²) in [6.45, 7) is -0.346. The molecule has 0 spiro atoms. The smallest absolute Gasteiger partial charge is 0.242 e. The summed E-state index contributed by atoms with van der Waals surface area (Å²) in [6.07, 6.45) is 1.01. The van der Waals surface area contributed by atoms with E-state index in [-0.39, 0.29) is 21.6 Å². The van der Waals surface area contributed by atoms with Gasteiger partial charge in [-0.3, -0.25) is 0 Å². The van der Waals surface area contributed by atoms with Crippen LogP contribution in [-0.4, -0.2) is 34.1 Å². The number of aromatic nitrogens is 1. The van der Waals surface area contributed by atoms with Crippen molar-refractivity contribution in [2.45, 2.75) is 4.90 Å². The lowest BCUT2D eigenvalue weighted by Gasteiger charge is -2.06. The van der Waals surface area contributed by atoms with Crippen LogP contribution in [0.5, 0.6) is 0 Å². The van der Waals surface area contributed by atoms with Crippen molar-refractivity contribution in [1.82, 2.24) is 9.71 Å². The molecule has 0 aliphatic rings. The molecule has 7 nitrogen and oxygen atoms in total. The van der Waals surface area contributed by atoms with Gasteiger partial charge in [0.1, 0.15) is 10.0 Å². The van der Waals surface area contributed by atoms with Gasteiger partial charge in [-0.05, 0) is 6.07 Å². The van der Waals surface area contributed by atoms with Gasteiger partial charge in [-0.15, -0.1) is 0 Å². The Morgan fingerprint density at radius 2 is 1.89 bits per heavy atom. The molecule has 1 heterocycles. The van der Waals surface area contributed by atoms with Gasteiger partial charge in [0.25, 0.3) is 0 Å². The van der Waals surface area contributed by atoms with E-state index in [1.807, 2.05) is 4.72 Å². The topological polar surface area (TPSA) is 119 Å². The molecular formula is C7H9Cl2N3O4S2. The van der Waals surface area contributed by atoms with E-state index >= 15 is 0 Å². The molecule has 1 aromatic heterocycles. The van der Waals surface area contributed by atoms with Crippen molar-refractivity contribution in [1.29, 1.82) is 0 Å². The van der Waals surface area contributed by atoms with Crippen molar-refractivity contribution < 1.29 is 16.8 Å². The van der Waals surface area contributed by atoms with E-state index in [0.29, 0.717) is 0 Å². The highest BCUT2D eigenvalue weighted by Gasteiger charge is 2.16. The average molecular weight is 334 g/mol. The third-order valence-corrected chi connectivity index (χ3v) is 4.65. The van der Waals surface area contributed by atoms with E-state index in [9.17, 15) is 16.8 Å². The molecule has 102 valence electrons. The highest BCUT2D eigenvalue weighted by Crippen LogP contribution is 2.21. The number of nitrogens with zero attached hydrogens (tertiary/aromatic N) is 1. The number of nitrogens with two attached hydrogens (primary N) is 1. The summed E-state index contributed by atoms with van der Waals surface area (Å²) in [5.41, 5.74) is 0. The largest absolute Gasteiger partial charge is 0.242 e. The van der Waals surface area contributed by atoms with Gasteiger partial charge < -0.3 is 0 Å². The molecule has 11 heteroatoms. The maximum absolute atomic E-state index is 11.7. The first-order valence-electron chi connectivity index (χ1n) is 4.43. The van der Waals surface area contributed by atoms with Gasteiger partial charge in [0, 0.05) is 12.7 Å². The fraction of sp³-hybridized carbons (Fsp3) is 0.286. The molecule has 0 aromatic carbocycles. The number of primary sulfonamides is 1. The number of nitrogens with one attached hydrogen (secondary N) is 1. The molecule has 18 heavy (non-hydrogen) atoms. The van der Waals surface area contributed by atoms with Crippen LogP contribution in [0.15, 0.2) is 17.2 Å². The number of rotatable bonds is 5. The second-order valence-corrected chi connectivity index (χ2v) is 7.47. The van der Waals surface area contributed by atoms with Crippen LogP contribution in [0.2, 0.25) is 10.2 Å². The van der Waals surface area contributed by atoms with Crippen molar-refractivity contribution in [3.8, 4) is 0 Å². The van der Waals surface area contributed by atoms with Gasteiger partial charge in [-0.2, -0.15) is 0 Å². The molecule has 0 aliphatic heterocycles. The normalized spacial score (nSPS) is 12.6. The minimum absolute atomic E-state index is 0.0222. The summed E-state index contributed by atoms with van der Waals surface area (Å²) >= 11 is 11.2. The Balaban J connectivity index is 2.84. The maximum Gasteiger partial charge on any atom is 0.242 e. The van der Waals surface area contributed by atoms with Crippen molar-refractivity contribution in [2.75, 3.05) is 12.3 Å². The van der Waals surface area contributed by atoms with Gasteiger partial charge >= 0.3 is 0 Å². The first-order chi connectivity index (χ1) is 8.12. The molecule has 0 amide bonds. The Kier molecular flexibility index (Phi) is 4.92. The van der Waals surface area contributed by atoms with E-state index in [1.54, 1.807) is 0 Å². The van der Waals surface area contributed by atoms with Crippen molar-refractivity contribution in [2.24, 2.45) is 5.14 Å². The predicted molar refractivity (Wildman–Crippen MR) is 67.4 cm³/mol. The standard InChI is InChI=1S/C7H9Cl2N3O4S2/c8-6-3-5(4-11-7(6)9)18(15,16)12-1-2-17(10,13)14/h3-4,12H,1-2H2,(H2,10,13,14). The van der Waals surface area contributed by atoms with Crippen LogP contribution in [0.4, 0.5) is 0 Å². The highest BCUT2D eigenvalue weighted by molar-refractivity contribution is 7.90. The van der Waals surface area contributed by atoms with Crippen molar-refractivity contribution in [3.05, 3.63) is 22.4 Å². The van der Waals surface area contributed by atoms with Gasteiger partial charge in [-0.25, -0.2) is 31.7 Å². The van der Waals surface area contributed by atoms with Crippen LogP contribution in [0.25, 0.3) is 0 Å². The summed E-state index contributed by atoms with van der Waals surface area (Å²) in [5, 5.41) is 4.68. The van der Waals surface area contributed by atoms with Gasteiger partial charge in [0.05, 0.1) is 10.8 Å². The zero-order valence-electron chi connectivity index (χ0n) is 8.80. The van der Waals surface area contributed by atoms with Gasteiger partial charge in [0.15, 0.2) is 0 Å². The van der Waals surface area contributed by atoms with Crippen LogP contribution in [0.3, 0.4) is 0 Å². The van der Waals surface area contributed by atoms with E-state index in [4.69, 9.17) is 28.3 Å². The van der Waals surface area contributed by atoms with Crippen LogP contribution in [0.1, 0.15) is 0 Å². The van der Waals surface area contributed by atoms with Gasteiger partial charge in [-0.1, -0.05) is 23.2 Å². The Morgan fingerprint density at radius 3 is 2.39 bits per heavy atom. The third-order valence-electron chi connectivity index (χ3n) is 1.76. The maximum atomic E-state index is 11.7. The minimum atomic E-state index is -3.90. The molecule has 0 saturated carbocycles. The summed E-state index contributed by atoms with van der Waals surface area (Å²) in [5.74, 6) is -0.513. The SMILES string of the molecule is NS(=O)(=O)CCNS(=O)(=O)c1cnc(Cl)c(Cl)c1. The third kappa shape index (κ3) is 4.67. The van der Waals surface area contributed by atoms with Crippen LogP contribution in [0, 0.1) is 0 Å². The van der Waals surface area contributed by atoms with Crippen molar-refractivity contribution >= 4 is 43.2 Å². The molecule has 0 bridgehead atoms. The lowest BCUT2D eigenvalue weighted by molar-refractivity contribution is 0.581. The molecule has 0 aliphatic carbocycles. The molecule has 1 rings (SSSR count). The molecule has 3 N–H and O–H groups in total. The fourth-order valence-electron chi connectivity index (χ4n) is 0.952. The summed E-state index contributed by atoms with van der Waals surface area (Å²) in [4.78, 5) is 3.36. The Bertz CT molecular complexity index is 645. The number of hydrogen-bond donors (Lipinski definition) is 2. The van der Waals surface area contributed by atoms with Crippen LogP contribution in [-0.2, 0) is 20.0 Å². The molecule has 0 saturated heterocycles. The average Bonchev–Trinajstić information content (AvgIpc) is 2.19. The number of halogens is 2. The number of pyridine rings is 1. The number of hydrogen-bond acceptors (Lipinski definition) is 5. The van der Waals surface area contributed by atoms with E-state index in [1.165, 1.54) is 0 Å². The zero-order valence-corrected chi connectivity index (χ0v) is 11.9. The Hall–Kier alpha value is -0.450. The molecule has 0 fully saturated rings. The lowest BCUT2D eigenvalue weighted by atomic mass is 10.5. The second kappa shape index (κ2) is 5.68. The monoisotopic (exact) mass is 333 g/mol. The quantitative estimate of drug-likeness (QED) is 0.732. The fourth-order valence-corrected chi connectivity index (χ4v) is 2.80. The molecular weight excluding hydrogens is 325 g/mol. The Labute approximate surface area is 114 Å². The summed E-state index contributed by atoms with van der Waals surface area (Å²) in [6, 6.07) is 1.11. The zero-order chi connectivity index (χ0) is 14.0. The molecule has 1 aromatic rings. The Morgan fingerprint density at radius 1 is 1.28 bits per heavy atom. The van der Waals surface area contributed by atoms with E-state index in [2.05, 4.69) is 4.98 Å². The molecule has 0 atom stereocenters. The molecule has 0 unspecified atom stereocenters. The number of sulfonamides is 2. The first kappa shape index (κ1) is 15.6. The predicted octanol–water partition coefficient (Wildman–Crippen LogP) is -0.0448. The lowest BCUT2D eigenvalue weighted by Crippen LogP contribution is -2.31. The van der Waals surface area contributed by atoms with E-state index in [0.717, 1.165) is 12.3 Å². The van der Waals surface area contributed by atoms with Crippen molar-refractivity contribution in [3.63, 3.8) is 0 Å². The van der Waals surface area contributed by atoms with Gasteiger partial charge in [0.2, 0.25) is 20.0 Å². The van der Waals surface area contributed by atoms with E-state index < -0.39 is 25.8 Å². The van der Waals surface area contributed by atoms with Crippen LogP contribution >= 0.6 is 23.2 Å². The first-order valence-corrected chi connectivity index (χ1v) is 8.38. The second-order valence-electron chi connectivity index (χ2n) is 3.21.